The van der Waals surface area contributed by atoms with Gasteiger partial charge in [-0.1, -0.05) is 36.4 Å². The van der Waals surface area contributed by atoms with Crippen molar-refractivity contribution >= 4 is 39.8 Å². The Morgan fingerprint density at radius 1 is 1.21 bits per heavy atom. The fraction of sp³-hybridized carbons (Fsp3) is 0.143. The molecule has 1 atom stereocenters. The van der Waals surface area contributed by atoms with Crippen LogP contribution in [0, 0.1) is 0 Å². The Labute approximate surface area is 166 Å². The Bertz CT molecular complexity index is 1070. The molecular formula is C21H18N4O2S. The molecule has 0 aliphatic carbocycles. The van der Waals surface area contributed by atoms with E-state index in [2.05, 4.69) is 20.3 Å². The van der Waals surface area contributed by atoms with E-state index in [-0.39, 0.29) is 18.6 Å². The molecule has 0 radical (unpaired) electrons. The summed E-state index contributed by atoms with van der Waals surface area (Å²) in [7, 11) is 0. The van der Waals surface area contributed by atoms with Gasteiger partial charge in [0.25, 0.3) is 5.91 Å². The summed E-state index contributed by atoms with van der Waals surface area (Å²) in [6, 6.07) is 15.3. The number of fused-ring (bicyclic) bond motifs is 1. The molecule has 0 spiro atoms. The summed E-state index contributed by atoms with van der Waals surface area (Å²) in [5, 5.41) is 13.9. The molecule has 1 aliphatic rings. The van der Waals surface area contributed by atoms with Gasteiger partial charge in [0.05, 0.1) is 23.1 Å². The Balaban J connectivity index is 1.52. The van der Waals surface area contributed by atoms with Gasteiger partial charge in [-0.25, -0.2) is 9.97 Å². The van der Waals surface area contributed by atoms with Crippen LogP contribution in [0.25, 0.3) is 17.0 Å². The number of nitrogens with zero attached hydrogens (tertiary/aromatic N) is 3. The van der Waals surface area contributed by atoms with Gasteiger partial charge in [0.15, 0.2) is 5.17 Å². The van der Waals surface area contributed by atoms with Crippen molar-refractivity contribution in [1.82, 2.24) is 15.3 Å². The average molecular weight is 390 g/mol. The van der Waals surface area contributed by atoms with Gasteiger partial charge < -0.3 is 10.4 Å². The highest BCUT2D eigenvalue weighted by Gasteiger charge is 2.24. The van der Waals surface area contributed by atoms with Crippen molar-refractivity contribution in [2.75, 3.05) is 6.61 Å². The smallest absolute Gasteiger partial charge is 0.264 e. The van der Waals surface area contributed by atoms with E-state index in [4.69, 9.17) is 0 Å². The van der Waals surface area contributed by atoms with Gasteiger partial charge in [-0.2, -0.15) is 0 Å². The molecular weight excluding hydrogens is 372 g/mol. The van der Waals surface area contributed by atoms with Crippen LogP contribution in [-0.2, 0) is 11.2 Å². The van der Waals surface area contributed by atoms with Gasteiger partial charge >= 0.3 is 0 Å². The standard InChI is InChI=1S/C21H18N4O2S/c26-12-17(9-14-4-2-1-3-5-14)24-21-25-20(27)19(28-21)10-15-6-7-18-16(8-15)11-22-13-23-18/h1-8,10-11,13,17,26H,9,12H2,(H,24,25,27)/b19-10-/t17-/m1/s1. The zero-order valence-corrected chi connectivity index (χ0v) is 15.8. The van der Waals surface area contributed by atoms with Crippen LogP contribution in [0.4, 0.5) is 0 Å². The number of rotatable bonds is 5. The SMILES string of the molecule is O=C1NC(=N[C@@H](CO)Cc2ccccc2)S/C1=C\c1ccc2ncncc2c1. The van der Waals surface area contributed by atoms with E-state index in [0.29, 0.717) is 16.5 Å². The van der Waals surface area contributed by atoms with Gasteiger partial charge in [0.2, 0.25) is 0 Å². The summed E-state index contributed by atoms with van der Waals surface area (Å²) < 4.78 is 0. The number of aliphatic imine (C=N–C) groups is 1. The first-order chi connectivity index (χ1) is 13.7. The zero-order chi connectivity index (χ0) is 19.3. The van der Waals surface area contributed by atoms with Crippen molar-refractivity contribution in [3.8, 4) is 0 Å². The first-order valence-electron chi connectivity index (χ1n) is 8.84. The highest BCUT2D eigenvalue weighted by atomic mass is 32.2. The summed E-state index contributed by atoms with van der Waals surface area (Å²) in [6.45, 7) is -0.0848. The number of carbonyl (C=O) groups is 1. The molecule has 2 aromatic carbocycles. The van der Waals surface area contributed by atoms with Gasteiger partial charge in [0, 0.05) is 11.6 Å². The Morgan fingerprint density at radius 3 is 2.89 bits per heavy atom. The zero-order valence-electron chi connectivity index (χ0n) is 14.9. The molecule has 1 fully saturated rings. The predicted octanol–water partition coefficient (Wildman–Crippen LogP) is 2.79. The number of carbonyl (C=O) groups excluding carboxylic acids is 1. The van der Waals surface area contributed by atoms with Gasteiger partial charge in [-0.3, -0.25) is 9.79 Å². The fourth-order valence-electron chi connectivity index (χ4n) is 2.94. The normalized spacial score (nSPS) is 18.0. The third-order valence-electron chi connectivity index (χ3n) is 4.30. The maximum atomic E-state index is 12.3. The number of hydrogen-bond acceptors (Lipinski definition) is 6. The average Bonchev–Trinajstić information content (AvgIpc) is 3.07. The predicted molar refractivity (Wildman–Crippen MR) is 112 cm³/mol. The van der Waals surface area contributed by atoms with E-state index in [1.165, 1.54) is 18.1 Å². The number of aliphatic hydroxyl groups excluding tert-OH is 1. The van der Waals surface area contributed by atoms with Crippen LogP contribution in [0.5, 0.6) is 0 Å². The lowest BCUT2D eigenvalue weighted by molar-refractivity contribution is -0.115. The van der Waals surface area contributed by atoms with Crippen molar-refractivity contribution < 1.29 is 9.90 Å². The number of amides is 1. The first-order valence-corrected chi connectivity index (χ1v) is 9.66. The molecule has 0 unspecified atom stereocenters. The largest absolute Gasteiger partial charge is 0.394 e. The molecule has 1 amide bonds. The number of amidine groups is 1. The molecule has 1 aromatic heterocycles. The highest BCUT2D eigenvalue weighted by Crippen LogP contribution is 2.27. The van der Waals surface area contributed by atoms with Crippen molar-refractivity contribution in [3.05, 3.63) is 77.1 Å². The van der Waals surface area contributed by atoms with Crippen LogP contribution in [0.3, 0.4) is 0 Å². The van der Waals surface area contributed by atoms with E-state index in [1.54, 1.807) is 6.20 Å². The second-order valence-electron chi connectivity index (χ2n) is 6.37. The minimum atomic E-state index is -0.303. The molecule has 0 saturated carbocycles. The molecule has 6 nitrogen and oxygen atoms in total. The molecule has 7 heteroatoms. The van der Waals surface area contributed by atoms with Crippen LogP contribution in [-0.4, -0.2) is 38.8 Å². The Morgan fingerprint density at radius 2 is 2.07 bits per heavy atom. The quantitative estimate of drug-likeness (QED) is 0.654. The van der Waals surface area contributed by atoms with Crippen LogP contribution in [0.15, 0.2) is 71.0 Å². The number of benzene rings is 2. The molecule has 3 aromatic rings. The van der Waals surface area contributed by atoms with E-state index >= 15 is 0 Å². The van der Waals surface area contributed by atoms with Crippen molar-refractivity contribution in [1.29, 1.82) is 0 Å². The fourth-order valence-corrected chi connectivity index (χ4v) is 3.83. The number of aromatic nitrogens is 2. The molecule has 1 saturated heterocycles. The molecule has 4 rings (SSSR count). The second kappa shape index (κ2) is 8.33. The van der Waals surface area contributed by atoms with Gasteiger partial charge in [-0.15, -0.1) is 0 Å². The number of nitrogens with one attached hydrogen (secondary N) is 1. The maximum Gasteiger partial charge on any atom is 0.264 e. The number of hydrogen-bond donors (Lipinski definition) is 2. The van der Waals surface area contributed by atoms with E-state index < -0.39 is 0 Å². The topological polar surface area (TPSA) is 87.5 Å². The third-order valence-corrected chi connectivity index (χ3v) is 5.23. The lowest BCUT2D eigenvalue weighted by Crippen LogP contribution is -2.23. The number of aliphatic hydroxyl groups is 1. The summed E-state index contributed by atoms with van der Waals surface area (Å²) >= 11 is 1.28. The van der Waals surface area contributed by atoms with Crippen LogP contribution in [0.2, 0.25) is 0 Å². The van der Waals surface area contributed by atoms with Crippen molar-refractivity contribution in [2.45, 2.75) is 12.5 Å². The Kier molecular flexibility index (Phi) is 5.45. The van der Waals surface area contributed by atoms with Crippen molar-refractivity contribution in [3.63, 3.8) is 0 Å². The van der Waals surface area contributed by atoms with Crippen LogP contribution < -0.4 is 5.32 Å². The van der Waals surface area contributed by atoms with E-state index in [1.807, 2.05) is 54.6 Å². The van der Waals surface area contributed by atoms with Gasteiger partial charge in [-0.05, 0) is 47.5 Å². The third kappa shape index (κ3) is 4.27. The molecule has 2 heterocycles. The summed E-state index contributed by atoms with van der Waals surface area (Å²) in [5.74, 6) is -0.190. The van der Waals surface area contributed by atoms with E-state index in [0.717, 1.165) is 22.0 Å². The van der Waals surface area contributed by atoms with Gasteiger partial charge in [0.1, 0.15) is 6.33 Å². The summed E-state index contributed by atoms with van der Waals surface area (Å²) in [6.07, 6.45) is 5.69. The lowest BCUT2D eigenvalue weighted by atomic mass is 10.1. The molecule has 28 heavy (non-hydrogen) atoms. The van der Waals surface area contributed by atoms with Crippen molar-refractivity contribution in [2.24, 2.45) is 4.99 Å². The molecule has 0 bridgehead atoms. The molecule has 2 N–H and O–H groups in total. The monoisotopic (exact) mass is 390 g/mol. The second-order valence-corrected chi connectivity index (χ2v) is 7.40. The summed E-state index contributed by atoms with van der Waals surface area (Å²) in [4.78, 5) is 25.6. The minimum Gasteiger partial charge on any atom is -0.394 e. The molecule has 140 valence electrons. The number of thioether (sulfide) groups is 1. The maximum absolute atomic E-state index is 12.3. The van der Waals surface area contributed by atoms with Crippen LogP contribution >= 0.6 is 11.8 Å². The minimum absolute atomic E-state index is 0.0848. The first kappa shape index (κ1) is 18.3. The lowest BCUT2D eigenvalue weighted by Gasteiger charge is -2.10. The highest BCUT2D eigenvalue weighted by molar-refractivity contribution is 8.18. The van der Waals surface area contributed by atoms with Crippen LogP contribution in [0.1, 0.15) is 11.1 Å². The van der Waals surface area contributed by atoms with E-state index in [9.17, 15) is 9.90 Å². The molecule has 1 aliphatic heterocycles. The Hall–Kier alpha value is -3.03. The summed E-state index contributed by atoms with van der Waals surface area (Å²) in [5.41, 5.74) is 2.84.